The molecule has 0 unspecified atom stereocenters. The van der Waals surface area contributed by atoms with Crippen LogP contribution < -0.4 is 15.5 Å². The number of amides is 1. The van der Waals surface area contributed by atoms with Gasteiger partial charge in [0.25, 0.3) is 0 Å². The molecule has 184 valence electrons. The average molecular weight is 495 g/mol. The van der Waals surface area contributed by atoms with E-state index in [-0.39, 0.29) is 30.4 Å². The first-order valence-electron chi connectivity index (χ1n) is 11.6. The van der Waals surface area contributed by atoms with Crippen LogP contribution in [0.5, 0.6) is 0 Å². The molecule has 0 atom stereocenters. The first-order valence-corrected chi connectivity index (χ1v) is 12.4. The third kappa shape index (κ3) is 5.79. The van der Waals surface area contributed by atoms with E-state index < -0.39 is 0 Å². The molecule has 35 heavy (non-hydrogen) atoms. The van der Waals surface area contributed by atoms with Gasteiger partial charge in [-0.15, -0.1) is 5.10 Å². The van der Waals surface area contributed by atoms with Crippen molar-refractivity contribution >= 4 is 33.2 Å². The van der Waals surface area contributed by atoms with Crippen LogP contribution in [-0.4, -0.2) is 39.6 Å². The standard InChI is InChI=1S/C26H31FN6OS/c1-6-17-11-13-18(14-12-17)22-23(30-26(2,3)4)33-24(29-22)35-25(31-33)32(5)16-21(34)28-15-19-9-7-8-10-20(19)27/h7-14,30H,6,15-16H2,1-5H3,(H,28,34). The number of nitrogens with zero attached hydrogens (tertiary/aromatic N) is 4. The average Bonchev–Trinajstić information content (AvgIpc) is 3.37. The molecule has 2 heterocycles. The van der Waals surface area contributed by atoms with E-state index in [0.717, 1.165) is 28.5 Å². The smallest absolute Gasteiger partial charge is 0.239 e. The summed E-state index contributed by atoms with van der Waals surface area (Å²) in [5.74, 6) is 0.270. The molecule has 1 amide bonds. The summed E-state index contributed by atoms with van der Waals surface area (Å²) in [7, 11) is 1.81. The number of rotatable bonds is 8. The quantitative estimate of drug-likeness (QED) is 0.356. The van der Waals surface area contributed by atoms with E-state index in [1.165, 1.54) is 23.0 Å². The number of likely N-dealkylation sites (N-methyl/N-ethyl adjacent to an activating group) is 1. The minimum atomic E-state index is -0.332. The number of carbonyl (C=O) groups is 1. The zero-order valence-electron chi connectivity index (χ0n) is 20.7. The van der Waals surface area contributed by atoms with Crippen molar-refractivity contribution < 1.29 is 9.18 Å². The van der Waals surface area contributed by atoms with E-state index in [4.69, 9.17) is 10.1 Å². The van der Waals surface area contributed by atoms with E-state index in [2.05, 4.69) is 62.6 Å². The van der Waals surface area contributed by atoms with Crippen LogP contribution >= 0.6 is 11.3 Å². The molecule has 2 aromatic carbocycles. The van der Waals surface area contributed by atoms with Gasteiger partial charge in [0.15, 0.2) is 5.82 Å². The lowest BCUT2D eigenvalue weighted by molar-refractivity contribution is -0.119. The molecular formula is C26H31FN6OS. The second-order valence-corrected chi connectivity index (χ2v) is 10.5. The number of benzene rings is 2. The predicted octanol–water partition coefficient (Wildman–Crippen LogP) is 5.12. The number of imidazole rings is 1. The monoisotopic (exact) mass is 494 g/mol. The number of carbonyl (C=O) groups excluding carboxylic acids is 1. The Bertz CT molecular complexity index is 1320. The van der Waals surface area contributed by atoms with Crippen molar-refractivity contribution in [2.24, 2.45) is 0 Å². The molecule has 2 N–H and O–H groups in total. The van der Waals surface area contributed by atoms with Crippen molar-refractivity contribution in [3.05, 3.63) is 65.5 Å². The number of aryl methyl sites for hydroxylation is 1. The van der Waals surface area contributed by atoms with Gasteiger partial charge in [-0.05, 0) is 38.8 Å². The van der Waals surface area contributed by atoms with E-state index in [9.17, 15) is 9.18 Å². The van der Waals surface area contributed by atoms with Crippen LogP contribution in [0, 0.1) is 5.82 Å². The second kappa shape index (κ2) is 10.0. The van der Waals surface area contributed by atoms with Gasteiger partial charge in [0.05, 0.1) is 6.54 Å². The first-order chi connectivity index (χ1) is 16.6. The summed E-state index contributed by atoms with van der Waals surface area (Å²) in [6.45, 7) is 8.65. The van der Waals surface area contributed by atoms with Crippen LogP contribution in [0.3, 0.4) is 0 Å². The van der Waals surface area contributed by atoms with Gasteiger partial charge in [-0.2, -0.15) is 4.52 Å². The number of nitrogens with one attached hydrogen (secondary N) is 2. The van der Waals surface area contributed by atoms with Gasteiger partial charge < -0.3 is 15.5 Å². The summed E-state index contributed by atoms with van der Waals surface area (Å²) in [4.78, 5) is 19.9. The zero-order valence-corrected chi connectivity index (χ0v) is 21.5. The van der Waals surface area contributed by atoms with E-state index in [1.807, 2.05) is 11.6 Å². The topological polar surface area (TPSA) is 74.6 Å². The predicted molar refractivity (Wildman–Crippen MR) is 141 cm³/mol. The van der Waals surface area contributed by atoms with Crippen molar-refractivity contribution in [1.29, 1.82) is 0 Å². The minimum Gasteiger partial charge on any atom is -0.364 e. The van der Waals surface area contributed by atoms with Crippen LogP contribution in [0.25, 0.3) is 16.2 Å². The molecule has 0 fully saturated rings. The molecule has 0 bridgehead atoms. The normalized spacial score (nSPS) is 11.6. The summed E-state index contributed by atoms with van der Waals surface area (Å²) in [5, 5.41) is 11.7. The van der Waals surface area contributed by atoms with E-state index in [1.54, 1.807) is 23.1 Å². The fourth-order valence-corrected chi connectivity index (χ4v) is 4.50. The van der Waals surface area contributed by atoms with Gasteiger partial charge in [-0.1, -0.05) is 60.7 Å². The number of anilines is 2. The van der Waals surface area contributed by atoms with Gasteiger partial charge in [-0.25, -0.2) is 9.37 Å². The lowest BCUT2D eigenvalue weighted by Crippen LogP contribution is -2.35. The first kappa shape index (κ1) is 24.7. The lowest BCUT2D eigenvalue weighted by atomic mass is 10.1. The van der Waals surface area contributed by atoms with Crippen LogP contribution in [0.2, 0.25) is 0 Å². The molecule has 7 nitrogen and oxygen atoms in total. The Morgan fingerprint density at radius 2 is 1.86 bits per heavy atom. The zero-order chi connectivity index (χ0) is 25.2. The maximum absolute atomic E-state index is 13.8. The second-order valence-electron chi connectivity index (χ2n) is 9.54. The Morgan fingerprint density at radius 3 is 2.51 bits per heavy atom. The summed E-state index contributed by atoms with van der Waals surface area (Å²) >= 11 is 1.41. The highest BCUT2D eigenvalue weighted by Gasteiger charge is 2.23. The Labute approximate surface area is 209 Å². The Kier molecular flexibility index (Phi) is 7.07. The highest BCUT2D eigenvalue weighted by molar-refractivity contribution is 7.20. The molecule has 0 spiro atoms. The minimum absolute atomic E-state index is 0.0957. The third-order valence-corrected chi connectivity index (χ3v) is 6.49. The van der Waals surface area contributed by atoms with Crippen molar-refractivity contribution in [1.82, 2.24) is 19.9 Å². The van der Waals surface area contributed by atoms with Crippen molar-refractivity contribution in [2.75, 3.05) is 23.8 Å². The van der Waals surface area contributed by atoms with Gasteiger partial charge in [0.2, 0.25) is 16.0 Å². The maximum atomic E-state index is 13.8. The number of aromatic nitrogens is 3. The van der Waals surface area contributed by atoms with E-state index in [0.29, 0.717) is 10.7 Å². The highest BCUT2D eigenvalue weighted by Crippen LogP contribution is 2.34. The number of hydrogen-bond acceptors (Lipinski definition) is 6. The molecule has 0 radical (unpaired) electrons. The summed E-state index contributed by atoms with van der Waals surface area (Å²) in [5.41, 5.74) is 3.40. The molecule has 0 saturated carbocycles. The Balaban J connectivity index is 1.55. The third-order valence-electron chi connectivity index (χ3n) is 5.46. The summed E-state index contributed by atoms with van der Waals surface area (Å²) < 4.78 is 15.6. The van der Waals surface area contributed by atoms with Crippen molar-refractivity contribution in [2.45, 2.75) is 46.2 Å². The van der Waals surface area contributed by atoms with Crippen LogP contribution in [0.1, 0.15) is 38.8 Å². The lowest BCUT2D eigenvalue weighted by Gasteiger charge is -2.22. The van der Waals surface area contributed by atoms with Gasteiger partial charge in [0.1, 0.15) is 11.5 Å². The number of fused-ring (bicyclic) bond motifs is 1. The Hall–Kier alpha value is -3.46. The van der Waals surface area contributed by atoms with Gasteiger partial charge >= 0.3 is 0 Å². The van der Waals surface area contributed by atoms with Crippen LogP contribution in [0.4, 0.5) is 15.3 Å². The summed E-state index contributed by atoms with van der Waals surface area (Å²) in [6, 6.07) is 14.8. The molecule has 4 rings (SSSR count). The SMILES string of the molecule is CCc1ccc(-c2nc3sc(N(C)CC(=O)NCc4ccccc4F)nn3c2NC(C)(C)C)cc1. The number of hydrogen-bond donors (Lipinski definition) is 2. The number of halogens is 1. The van der Waals surface area contributed by atoms with Crippen molar-refractivity contribution in [3.8, 4) is 11.3 Å². The van der Waals surface area contributed by atoms with Gasteiger partial charge in [0, 0.05) is 30.3 Å². The Morgan fingerprint density at radius 1 is 1.14 bits per heavy atom. The summed E-state index contributed by atoms with van der Waals surface area (Å²) in [6.07, 6.45) is 0.983. The molecule has 0 aliphatic heterocycles. The molecule has 0 aliphatic carbocycles. The molecule has 0 aliphatic rings. The fraction of sp³-hybridized carbons (Fsp3) is 0.346. The fourth-order valence-electron chi connectivity index (χ4n) is 3.63. The highest BCUT2D eigenvalue weighted by atomic mass is 32.1. The van der Waals surface area contributed by atoms with E-state index >= 15 is 0 Å². The van der Waals surface area contributed by atoms with Crippen LogP contribution in [0.15, 0.2) is 48.5 Å². The van der Waals surface area contributed by atoms with Crippen molar-refractivity contribution in [3.63, 3.8) is 0 Å². The molecular weight excluding hydrogens is 463 g/mol. The molecule has 9 heteroatoms. The largest absolute Gasteiger partial charge is 0.364 e. The van der Waals surface area contributed by atoms with Gasteiger partial charge in [-0.3, -0.25) is 4.79 Å². The molecule has 0 saturated heterocycles. The molecule has 2 aromatic heterocycles. The molecule has 4 aromatic rings. The maximum Gasteiger partial charge on any atom is 0.239 e. The van der Waals surface area contributed by atoms with Crippen LogP contribution in [-0.2, 0) is 17.8 Å².